The molecule has 0 bridgehead atoms. The molecular formula is C28H32N2O4S. The Bertz CT molecular complexity index is 1190. The molecule has 0 N–H and O–H groups in total. The highest BCUT2D eigenvalue weighted by Gasteiger charge is 2.34. The Labute approximate surface area is 211 Å². The topological polar surface area (TPSA) is 59.1 Å². The van der Waals surface area contributed by atoms with Crippen LogP contribution in [0.3, 0.4) is 0 Å². The number of ether oxygens (including phenoxy) is 2. The number of aryl methyl sites for hydroxylation is 1. The highest BCUT2D eigenvalue weighted by molar-refractivity contribution is 7.10. The maximum atomic E-state index is 13.6. The lowest BCUT2D eigenvalue weighted by molar-refractivity contribution is -0.136. The zero-order valence-electron chi connectivity index (χ0n) is 20.7. The van der Waals surface area contributed by atoms with Gasteiger partial charge in [-0.25, -0.2) is 0 Å². The van der Waals surface area contributed by atoms with Crippen LogP contribution in [0.25, 0.3) is 0 Å². The lowest BCUT2D eigenvalue weighted by Crippen LogP contribution is -2.49. The molecule has 2 aromatic carbocycles. The van der Waals surface area contributed by atoms with Crippen LogP contribution in [0.4, 0.5) is 0 Å². The number of nitrogens with zero attached hydrogens (tertiary/aromatic N) is 2. The average Bonchev–Trinajstić information content (AvgIpc) is 3.35. The second kappa shape index (κ2) is 11.0. The fraction of sp³-hybridized carbons (Fsp3) is 0.357. The summed E-state index contributed by atoms with van der Waals surface area (Å²) in [6, 6.07) is 16.7. The molecular weight excluding hydrogens is 460 g/mol. The third-order valence-corrected chi connectivity index (χ3v) is 7.41. The summed E-state index contributed by atoms with van der Waals surface area (Å²) >= 11 is 1.72. The van der Waals surface area contributed by atoms with E-state index in [9.17, 15) is 9.59 Å². The van der Waals surface area contributed by atoms with Crippen LogP contribution in [0.15, 0.2) is 60.0 Å². The van der Waals surface area contributed by atoms with Crippen LogP contribution >= 0.6 is 11.3 Å². The van der Waals surface area contributed by atoms with Crippen molar-refractivity contribution in [2.75, 3.05) is 26.8 Å². The summed E-state index contributed by atoms with van der Waals surface area (Å²) in [5.41, 5.74) is 2.70. The highest BCUT2D eigenvalue weighted by atomic mass is 32.1. The normalized spacial score (nSPS) is 15.0. The monoisotopic (exact) mass is 492 g/mol. The van der Waals surface area contributed by atoms with Crippen molar-refractivity contribution in [3.8, 4) is 11.5 Å². The first-order valence-corrected chi connectivity index (χ1v) is 12.8. The summed E-state index contributed by atoms with van der Waals surface area (Å²) in [7, 11) is 1.57. The molecule has 1 unspecified atom stereocenters. The number of carbonyl (C=O) groups excluding carboxylic acids is 2. The smallest absolute Gasteiger partial charge is 0.254 e. The number of rotatable bonds is 8. The predicted molar refractivity (Wildman–Crippen MR) is 138 cm³/mol. The van der Waals surface area contributed by atoms with E-state index in [-0.39, 0.29) is 30.4 Å². The molecule has 6 nitrogen and oxygen atoms in total. The van der Waals surface area contributed by atoms with Gasteiger partial charge in [0.1, 0.15) is 24.7 Å². The van der Waals surface area contributed by atoms with Gasteiger partial charge in [0, 0.05) is 23.0 Å². The van der Waals surface area contributed by atoms with Gasteiger partial charge in [-0.2, -0.15) is 0 Å². The molecule has 0 saturated heterocycles. The Morgan fingerprint density at radius 3 is 2.69 bits per heavy atom. The van der Waals surface area contributed by atoms with Crippen molar-refractivity contribution in [1.29, 1.82) is 0 Å². The maximum absolute atomic E-state index is 13.6. The third kappa shape index (κ3) is 5.51. The van der Waals surface area contributed by atoms with E-state index in [1.807, 2.05) is 49.9 Å². The minimum atomic E-state index is -0.196. The Morgan fingerprint density at radius 1 is 1.14 bits per heavy atom. The van der Waals surface area contributed by atoms with Gasteiger partial charge >= 0.3 is 0 Å². The summed E-state index contributed by atoms with van der Waals surface area (Å²) in [6.45, 7) is 6.85. The Morgan fingerprint density at radius 2 is 1.94 bits per heavy atom. The molecule has 1 aliphatic rings. The van der Waals surface area contributed by atoms with E-state index in [1.54, 1.807) is 47.6 Å². The minimum absolute atomic E-state index is 0.00798. The van der Waals surface area contributed by atoms with Gasteiger partial charge in [-0.15, -0.1) is 11.3 Å². The van der Waals surface area contributed by atoms with Crippen LogP contribution < -0.4 is 9.47 Å². The van der Waals surface area contributed by atoms with Crippen molar-refractivity contribution in [2.24, 2.45) is 0 Å². The molecule has 0 fully saturated rings. The first-order valence-electron chi connectivity index (χ1n) is 11.9. The average molecular weight is 493 g/mol. The van der Waals surface area contributed by atoms with Gasteiger partial charge < -0.3 is 19.3 Å². The van der Waals surface area contributed by atoms with Crippen LogP contribution in [-0.4, -0.2) is 54.5 Å². The van der Waals surface area contributed by atoms with Gasteiger partial charge in [-0.05, 0) is 74.0 Å². The molecule has 1 aliphatic heterocycles. The van der Waals surface area contributed by atoms with Gasteiger partial charge in [0.05, 0.1) is 13.2 Å². The molecule has 1 aromatic heterocycles. The molecule has 2 amide bonds. The van der Waals surface area contributed by atoms with Crippen molar-refractivity contribution in [3.05, 3.63) is 81.5 Å². The maximum Gasteiger partial charge on any atom is 0.254 e. The van der Waals surface area contributed by atoms with Gasteiger partial charge in [0.25, 0.3) is 5.91 Å². The van der Waals surface area contributed by atoms with E-state index in [2.05, 4.69) is 11.4 Å². The quantitative estimate of drug-likeness (QED) is 0.438. The molecule has 7 heteroatoms. The van der Waals surface area contributed by atoms with E-state index in [0.717, 1.165) is 23.3 Å². The van der Waals surface area contributed by atoms with Gasteiger partial charge in [0.2, 0.25) is 5.91 Å². The SMILES string of the molecule is COc1cccc(C(=O)N(CC(=O)N2CCc3sccc3C2COc2ccccc2C)C(C)C)c1. The first kappa shape index (κ1) is 24.8. The third-order valence-electron chi connectivity index (χ3n) is 6.41. The van der Waals surface area contributed by atoms with Crippen LogP contribution in [0, 0.1) is 6.92 Å². The van der Waals surface area contributed by atoms with Crippen molar-refractivity contribution in [1.82, 2.24) is 9.80 Å². The standard InChI is InChI=1S/C28H32N2O4S/c1-19(2)30(28(32)21-9-7-10-22(16-21)33-4)17-27(31)29-14-12-26-23(13-15-35-26)24(29)18-34-25-11-6-5-8-20(25)3/h5-11,13,15-16,19,24H,12,14,17-18H2,1-4H3. The number of methoxy groups -OCH3 is 1. The summed E-state index contributed by atoms with van der Waals surface area (Å²) < 4.78 is 11.5. The van der Waals surface area contributed by atoms with Crippen LogP contribution in [0.5, 0.6) is 11.5 Å². The van der Waals surface area contributed by atoms with E-state index in [0.29, 0.717) is 24.5 Å². The highest BCUT2D eigenvalue weighted by Crippen LogP contribution is 2.34. The van der Waals surface area contributed by atoms with Crippen molar-refractivity contribution >= 4 is 23.2 Å². The molecule has 184 valence electrons. The summed E-state index contributed by atoms with van der Waals surface area (Å²) in [4.78, 5) is 31.8. The Kier molecular flexibility index (Phi) is 7.76. The number of amides is 2. The lowest BCUT2D eigenvalue weighted by atomic mass is 10.00. The first-order chi connectivity index (χ1) is 16.9. The van der Waals surface area contributed by atoms with E-state index in [4.69, 9.17) is 9.47 Å². The van der Waals surface area contributed by atoms with Crippen LogP contribution in [-0.2, 0) is 11.2 Å². The summed E-state index contributed by atoms with van der Waals surface area (Å²) in [5, 5.41) is 2.08. The summed E-state index contributed by atoms with van der Waals surface area (Å²) in [5.74, 6) is 1.16. The number of hydrogen-bond acceptors (Lipinski definition) is 5. The molecule has 1 atom stereocenters. The van der Waals surface area contributed by atoms with Crippen LogP contribution in [0.1, 0.15) is 46.3 Å². The predicted octanol–water partition coefficient (Wildman–Crippen LogP) is 5.12. The second-order valence-corrected chi connectivity index (χ2v) is 9.99. The van der Waals surface area contributed by atoms with E-state index < -0.39 is 0 Å². The van der Waals surface area contributed by atoms with Gasteiger partial charge in [0.15, 0.2) is 0 Å². The number of hydrogen-bond donors (Lipinski definition) is 0. The molecule has 3 aromatic rings. The van der Waals surface area contributed by atoms with Crippen molar-refractivity contribution in [3.63, 3.8) is 0 Å². The Hall–Kier alpha value is -3.32. The number of carbonyl (C=O) groups is 2. The van der Waals surface area contributed by atoms with E-state index in [1.165, 1.54) is 4.88 Å². The van der Waals surface area contributed by atoms with E-state index >= 15 is 0 Å². The molecule has 4 rings (SSSR count). The zero-order chi connectivity index (χ0) is 24.9. The molecule has 0 aliphatic carbocycles. The van der Waals surface area contributed by atoms with Gasteiger partial charge in [-0.1, -0.05) is 24.3 Å². The van der Waals surface area contributed by atoms with Crippen molar-refractivity contribution in [2.45, 2.75) is 39.3 Å². The van der Waals surface area contributed by atoms with Gasteiger partial charge in [-0.3, -0.25) is 9.59 Å². The fourth-order valence-corrected chi connectivity index (χ4v) is 5.34. The molecule has 2 heterocycles. The van der Waals surface area contributed by atoms with Crippen molar-refractivity contribution < 1.29 is 19.1 Å². The number of benzene rings is 2. The molecule has 0 spiro atoms. The fourth-order valence-electron chi connectivity index (χ4n) is 4.41. The number of para-hydroxylation sites is 1. The molecule has 0 saturated carbocycles. The summed E-state index contributed by atoms with van der Waals surface area (Å²) in [6.07, 6.45) is 0.811. The second-order valence-electron chi connectivity index (χ2n) is 8.99. The largest absolute Gasteiger partial charge is 0.497 e. The lowest BCUT2D eigenvalue weighted by Gasteiger charge is -2.37. The number of thiophene rings is 1. The minimum Gasteiger partial charge on any atom is -0.497 e. The number of fused-ring (bicyclic) bond motifs is 1. The molecule has 35 heavy (non-hydrogen) atoms. The molecule has 0 radical (unpaired) electrons. The zero-order valence-corrected chi connectivity index (χ0v) is 21.5. The van der Waals surface area contributed by atoms with Crippen LogP contribution in [0.2, 0.25) is 0 Å². The Balaban J connectivity index is 1.54.